The Kier molecular flexibility index (Phi) is 4.43. The van der Waals surface area contributed by atoms with Gasteiger partial charge in [0, 0.05) is 6.04 Å². The molecule has 0 spiro atoms. The zero-order valence-electron chi connectivity index (χ0n) is 11.5. The van der Waals surface area contributed by atoms with Gasteiger partial charge in [0.15, 0.2) is 6.10 Å². The molecule has 104 valence electrons. The van der Waals surface area contributed by atoms with Crippen LogP contribution in [0.25, 0.3) is 0 Å². The number of nitrogens with one attached hydrogen (secondary N) is 1. The summed E-state index contributed by atoms with van der Waals surface area (Å²) in [7, 11) is 0. The third-order valence-electron chi connectivity index (χ3n) is 3.54. The molecule has 0 amide bonds. The quantitative estimate of drug-likeness (QED) is 0.857. The molecule has 0 fully saturated rings. The molecular weight excluding hydrogens is 242 g/mol. The molecule has 0 radical (unpaired) electrons. The second-order valence-electron chi connectivity index (χ2n) is 4.96. The molecule has 2 N–H and O–H groups in total. The van der Waals surface area contributed by atoms with E-state index in [4.69, 9.17) is 9.84 Å². The van der Waals surface area contributed by atoms with Crippen molar-refractivity contribution in [3.63, 3.8) is 0 Å². The van der Waals surface area contributed by atoms with E-state index in [1.165, 1.54) is 17.5 Å². The summed E-state index contributed by atoms with van der Waals surface area (Å²) < 4.78 is 5.44. The van der Waals surface area contributed by atoms with Crippen molar-refractivity contribution in [2.24, 2.45) is 0 Å². The van der Waals surface area contributed by atoms with Crippen LogP contribution in [0.3, 0.4) is 0 Å². The smallest absolute Gasteiger partial charge is 0.344 e. The van der Waals surface area contributed by atoms with Crippen LogP contribution in [0.2, 0.25) is 0 Å². The zero-order valence-corrected chi connectivity index (χ0v) is 11.5. The van der Waals surface area contributed by atoms with E-state index in [2.05, 4.69) is 18.3 Å². The molecule has 2 rings (SSSR count). The first kappa shape index (κ1) is 13.9. The van der Waals surface area contributed by atoms with Crippen LogP contribution in [0, 0.1) is 0 Å². The summed E-state index contributed by atoms with van der Waals surface area (Å²) in [4.78, 5) is 10.8. The highest BCUT2D eigenvalue weighted by Gasteiger charge is 2.21. The molecule has 0 heterocycles. The van der Waals surface area contributed by atoms with Crippen molar-refractivity contribution in [3.05, 3.63) is 29.3 Å². The number of rotatable bonds is 5. The van der Waals surface area contributed by atoms with Crippen molar-refractivity contribution < 1.29 is 14.6 Å². The average molecular weight is 263 g/mol. The van der Waals surface area contributed by atoms with Gasteiger partial charge in [0.2, 0.25) is 0 Å². The van der Waals surface area contributed by atoms with Crippen LogP contribution < -0.4 is 10.1 Å². The number of carboxylic acids is 1. The Bertz CT molecular complexity index is 459. The molecule has 2 atom stereocenters. The van der Waals surface area contributed by atoms with Crippen molar-refractivity contribution in [2.45, 2.75) is 45.3 Å². The first-order valence-corrected chi connectivity index (χ1v) is 6.87. The summed E-state index contributed by atoms with van der Waals surface area (Å²) in [6.45, 7) is 4.57. The van der Waals surface area contributed by atoms with Gasteiger partial charge in [-0.1, -0.05) is 13.0 Å². The summed E-state index contributed by atoms with van der Waals surface area (Å²) >= 11 is 0. The Hall–Kier alpha value is -1.55. The van der Waals surface area contributed by atoms with Crippen molar-refractivity contribution in [1.29, 1.82) is 0 Å². The zero-order chi connectivity index (χ0) is 13.8. The molecule has 1 aromatic carbocycles. The molecule has 4 heteroatoms. The SMILES string of the molecule is CCNC1CCCc2ccc(OC(C)C(=O)O)cc21. The van der Waals surface area contributed by atoms with Gasteiger partial charge in [-0.25, -0.2) is 4.79 Å². The third-order valence-corrected chi connectivity index (χ3v) is 3.54. The molecule has 0 aliphatic heterocycles. The maximum atomic E-state index is 10.8. The van der Waals surface area contributed by atoms with Crippen LogP contribution in [0.5, 0.6) is 5.75 Å². The highest BCUT2D eigenvalue weighted by Crippen LogP contribution is 2.32. The van der Waals surface area contributed by atoms with Gasteiger partial charge in [-0.2, -0.15) is 0 Å². The van der Waals surface area contributed by atoms with Crippen molar-refractivity contribution in [2.75, 3.05) is 6.54 Å². The predicted molar refractivity (Wildman–Crippen MR) is 73.5 cm³/mol. The number of fused-ring (bicyclic) bond motifs is 1. The molecule has 19 heavy (non-hydrogen) atoms. The lowest BCUT2D eigenvalue weighted by Crippen LogP contribution is -2.26. The monoisotopic (exact) mass is 263 g/mol. The molecule has 4 nitrogen and oxygen atoms in total. The topological polar surface area (TPSA) is 58.6 Å². The van der Waals surface area contributed by atoms with Gasteiger partial charge in [-0.05, 0) is 56.0 Å². The summed E-state index contributed by atoms with van der Waals surface area (Å²) in [6.07, 6.45) is 2.58. The molecule has 0 aromatic heterocycles. The summed E-state index contributed by atoms with van der Waals surface area (Å²) in [5.74, 6) is -0.306. The Balaban J connectivity index is 2.20. The van der Waals surface area contributed by atoms with Crippen LogP contribution >= 0.6 is 0 Å². The fourth-order valence-electron chi connectivity index (χ4n) is 2.56. The standard InChI is InChI=1S/C15H21NO3/c1-3-16-14-6-4-5-11-7-8-12(9-13(11)14)19-10(2)15(17)18/h7-10,14,16H,3-6H2,1-2H3,(H,17,18). The normalized spacial score (nSPS) is 19.6. The minimum absolute atomic E-state index is 0.359. The number of ether oxygens (including phenoxy) is 1. The fourth-order valence-corrected chi connectivity index (χ4v) is 2.56. The van der Waals surface area contributed by atoms with Crippen LogP contribution in [0.15, 0.2) is 18.2 Å². The Morgan fingerprint density at radius 3 is 3.05 bits per heavy atom. The maximum Gasteiger partial charge on any atom is 0.344 e. The van der Waals surface area contributed by atoms with E-state index in [-0.39, 0.29) is 0 Å². The number of aliphatic carboxylic acids is 1. The highest BCUT2D eigenvalue weighted by molar-refractivity contribution is 5.72. The molecule has 0 saturated heterocycles. The minimum Gasteiger partial charge on any atom is -0.479 e. The van der Waals surface area contributed by atoms with Crippen LogP contribution in [-0.2, 0) is 11.2 Å². The van der Waals surface area contributed by atoms with E-state index < -0.39 is 12.1 Å². The Morgan fingerprint density at radius 1 is 1.58 bits per heavy atom. The number of hydrogen-bond acceptors (Lipinski definition) is 3. The van der Waals surface area contributed by atoms with Gasteiger partial charge in [0.25, 0.3) is 0 Å². The molecule has 0 saturated carbocycles. The second kappa shape index (κ2) is 6.06. The highest BCUT2D eigenvalue weighted by atomic mass is 16.5. The first-order chi connectivity index (χ1) is 9.11. The van der Waals surface area contributed by atoms with Gasteiger partial charge in [-0.3, -0.25) is 0 Å². The Labute approximate surface area is 113 Å². The lowest BCUT2D eigenvalue weighted by molar-refractivity contribution is -0.144. The van der Waals surface area contributed by atoms with Gasteiger partial charge in [0.05, 0.1) is 0 Å². The molecule has 2 unspecified atom stereocenters. The number of carbonyl (C=O) groups is 1. The summed E-state index contributed by atoms with van der Waals surface area (Å²) in [6, 6.07) is 6.27. The first-order valence-electron chi connectivity index (χ1n) is 6.87. The number of aryl methyl sites for hydroxylation is 1. The molecular formula is C15H21NO3. The average Bonchev–Trinajstić information content (AvgIpc) is 2.39. The molecule has 1 aliphatic carbocycles. The van der Waals surface area contributed by atoms with E-state index >= 15 is 0 Å². The maximum absolute atomic E-state index is 10.8. The van der Waals surface area contributed by atoms with E-state index in [0.717, 1.165) is 19.4 Å². The van der Waals surface area contributed by atoms with Gasteiger partial charge >= 0.3 is 5.97 Å². The van der Waals surface area contributed by atoms with Crippen LogP contribution in [-0.4, -0.2) is 23.7 Å². The lowest BCUT2D eigenvalue weighted by atomic mass is 9.87. The largest absolute Gasteiger partial charge is 0.479 e. The second-order valence-corrected chi connectivity index (χ2v) is 4.96. The summed E-state index contributed by atoms with van der Waals surface area (Å²) in [5.41, 5.74) is 2.59. The fraction of sp³-hybridized carbons (Fsp3) is 0.533. The van der Waals surface area contributed by atoms with Crippen molar-refractivity contribution in [1.82, 2.24) is 5.32 Å². The molecule has 0 bridgehead atoms. The minimum atomic E-state index is -0.944. The van der Waals surface area contributed by atoms with Gasteiger partial charge in [0.1, 0.15) is 5.75 Å². The van der Waals surface area contributed by atoms with Gasteiger partial charge in [-0.15, -0.1) is 0 Å². The van der Waals surface area contributed by atoms with E-state index in [0.29, 0.717) is 11.8 Å². The number of hydrogen-bond donors (Lipinski definition) is 2. The van der Waals surface area contributed by atoms with Crippen LogP contribution in [0.1, 0.15) is 43.9 Å². The van der Waals surface area contributed by atoms with Crippen LogP contribution in [0.4, 0.5) is 0 Å². The number of benzene rings is 1. The lowest BCUT2D eigenvalue weighted by Gasteiger charge is -2.27. The van der Waals surface area contributed by atoms with E-state index in [1.807, 2.05) is 12.1 Å². The van der Waals surface area contributed by atoms with Crippen molar-refractivity contribution >= 4 is 5.97 Å². The number of carboxylic acid groups (broad SMARTS) is 1. The summed E-state index contributed by atoms with van der Waals surface area (Å²) in [5, 5.41) is 12.4. The Morgan fingerprint density at radius 2 is 2.37 bits per heavy atom. The van der Waals surface area contributed by atoms with E-state index in [1.54, 1.807) is 6.92 Å². The third kappa shape index (κ3) is 3.26. The molecule has 1 aromatic rings. The predicted octanol–water partition coefficient (Wildman–Crippen LogP) is 2.53. The van der Waals surface area contributed by atoms with Gasteiger partial charge < -0.3 is 15.2 Å². The van der Waals surface area contributed by atoms with E-state index in [9.17, 15) is 4.79 Å². The van der Waals surface area contributed by atoms with Crippen molar-refractivity contribution in [3.8, 4) is 5.75 Å². The molecule has 1 aliphatic rings.